The van der Waals surface area contributed by atoms with E-state index < -0.39 is 10.0 Å². The maximum atomic E-state index is 13.4. The molecule has 0 saturated heterocycles. The molecule has 3 aromatic rings. The second-order valence-electron chi connectivity index (χ2n) is 8.41. The topological polar surface area (TPSA) is 70.6 Å². The molecule has 2 aliphatic rings. The van der Waals surface area contributed by atoms with Gasteiger partial charge in [0.1, 0.15) is 0 Å². The predicted molar refractivity (Wildman–Crippen MR) is 121 cm³/mol. The monoisotopic (exact) mass is 447 g/mol. The minimum atomic E-state index is -3.70. The Bertz CT molecular complexity index is 1240. The van der Waals surface area contributed by atoms with Gasteiger partial charge in [0.05, 0.1) is 4.90 Å². The molecular formula is C25H25N3O3S. The zero-order valence-electron chi connectivity index (χ0n) is 17.7. The molecule has 7 heteroatoms. The summed E-state index contributed by atoms with van der Waals surface area (Å²) in [6, 6.07) is 18.4. The molecule has 0 spiro atoms. The van der Waals surface area contributed by atoms with Crippen LogP contribution in [0.15, 0.2) is 78.0 Å². The lowest BCUT2D eigenvalue weighted by Crippen LogP contribution is -2.36. The minimum absolute atomic E-state index is 0.141. The summed E-state index contributed by atoms with van der Waals surface area (Å²) in [5.41, 5.74) is 3.59. The van der Waals surface area contributed by atoms with Gasteiger partial charge < -0.3 is 4.90 Å². The lowest BCUT2D eigenvalue weighted by atomic mass is 10.0. The van der Waals surface area contributed by atoms with Crippen molar-refractivity contribution in [3.8, 4) is 0 Å². The molecule has 0 bridgehead atoms. The number of amides is 1. The van der Waals surface area contributed by atoms with Crippen molar-refractivity contribution < 1.29 is 13.2 Å². The summed E-state index contributed by atoms with van der Waals surface area (Å²) in [5, 5.41) is 0. The lowest BCUT2D eigenvalue weighted by Gasteiger charge is -2.28. The Kier molecular flexibility index (Phi) is 5.53. The van der Waals surface area contributed by atoms with E-state index in [2.05, 4.69) is 4.98 Å². The van der Waals surface area contributed by atoms with Crippen LogP contribution in [0.4, 0.5) is 0 Å². The summed E-state index contributed by atoms with van der Waals surface area (Å²) in [5.74, 6) is -0.141. The highest BCUT2D eigenvalue weighted by Crippen LogP contribution is 2.31. The average Bonchev–Trinajstić information content (AvgIpc) is 3.68. The van der Waals surface area contributed by atoms with E-state index in [1.54, 1.807) is 30.6 Å². The van der Waals surface area contributed by atoms with Gasteiger partial charge in [-0.25, -0.2) is 8.42 Å². The second kappa shape index (κ2) is 8.48. The number of hydrogen-bond donors (Lipinski definition) is 0. The first-order valence-corrected chi connectivity index (χ1v) is 12.3. The lowest BCUT2D eigenvalue weighted by molar-refractivity contribution is 0.0729. The van der Waals surface area contributed by atoms with Crippen molar-refractivity contribution in [1.82, 2.24) is 14.2 Å². The number of nitrogens with zero attached hydrogens (tertiary/aromatic N) is 3. The molecule has 0 unspecified atom stereocenters. The molecule has 32 heavy (non-hydrogen) atoms. The third-order valence-corrected chi connectivity index (χ3v) is 7.98. The van der Waals surface area contributed by atoms with Crippen LogP contribution < -0.4 is 0 Å². The van der Waals surface area contributed by atoms with E-state index in [1.807, 2.05) is 41.3 Å². The van der Waals surface area contributed by atoms with Gasteiger partial charge in [-0.3, -0.25) is 9.78 Å². The predicted octanol–water partition coefficient (Wildman–Crippen LogP) is 3.63. The van der Waals surface area contributed by atoms with Crippen molar-refractivity contribution in [3.63, 3.8) is 0 Å². The standard InChI is InChI=1S/C25H25N3O3S/c29-25(28(23-10-11-23)17-19-5-4-13-26-16-19)21-8-3-9-24(15-21)32(30,31)27-14-12-20-6-1-2-7-22(20)18-27/h1-9,13,15-16,23H,10-12,14,17-18H2. The van der Waals surface area contributed by atoms with Crippen LogP contribution >= 0.6 is 0 Å². The molecule has 6 nitrogen and oxygen atoms in total. The Balaban J connectivity index is 1.39. The fraction of sp³-hybridized carbons (Fsp3) is 0.280. The zero-order chi connectivity index (χ0) is 22.1. The number of pyridine rings is 1. The molecule has 2 heterocycles. The molecule has 0 radical (unpaired) electrons. The number of fused-ring (bicyclic) bond motifs is 1. The van der Waals surface area contributed by atoms with Crippen LogP contribution in [-0.2, 0) is 29.5 Å². The van der Waals surface area contributed by atoms with E-state index >= 15 is 0 Å². The summed E-state index contributed by atoms with van der Waals surface area (Å²) in [6.07, 6.45) is 6.10. The number of carbonyl (C=O) groups is 1. The van der Waals surface area contributed by atoms with E-state index in [0.29, 0.717) is 31.6 Å². The van der Waals surface area contributed by atoms with Crippen LogP contribution in [0.2, 0.25) is 0 Å². The number of hydrogen-bond acceptors (Lipinski definition) is 4. The van der Waals surface area contributed by atoms with Crippen molar-refractivity contribution in [2.45, 2.75) is 43.3 Å². The van der Waals surface area contributed by atoms with Crippen LogP contribution in [0.3, 0.4) is 0 Å². The van der Waals surface area contributed by atoms with Gasteiger partial charge >= 0.3 is 0 Å². The van der Waals surface area contributed by atoms with Crippen molar-refractivity contribution >= 4 is 15.9 Å². The Morgan fingerprint density at radius 2 is 1.84 bits per heavy atom. The minimum Gasteiger partial charge on any atom is -0.331 e. The smallest absolute Gasteiger partial charge is 0.254 e. The van der Waals surface area contributed by atoms with Gasteiger partial charge in [-0.05, 0) is 60.2 Å². The van der Waals surface area contributed by atoms with Crippen molar-refractivity contribution in [2.24, 2.45) is 0 Å². The third kappa shape index (κ3) is 4.18. The molecule has 1 aromatic heterocycles. The fourth-order valence-electron chi connectivity index (χ4n) is 4.22. The molecule has 1 amide bonds. The van der Waals surface area contributed by atoms with Crippen LogP contribution in [0.5, 0.6) is 0 Å². The van der Waals surface area contributed by atoms with Gasteiger partial charge in [-0.15, -0.1) is 0 Å². The largest absolute Gasteiger partial charge is 0.331 e. The van der Waals surface area contributed by atoms with Crippen LogP contribution in [-0.4, -0.2) is 41.1 Å². The Morgan fingerprint density at radius 1 is 1.03 bits per heavy atom. The zero-order valence-corrected chi connectivity index (χ0v) is 18.5. The third-order valence-electron chi connectivity index (χ3n) is 6.14. The molecule has 0 atom stereocenters. The quantitative estimate of drug-likeness (QED) is 0.579. The Morgan fingerprint density at radius 3 is 2.59 bits per heavy atom. The van der Waals surface area contributed by atoms with E-state index in [1.165, 1.54) is 15.9 Å². The van der Waals surface area contributed by atoms with Gasteiger partial charge in [0.15, 0.2) is 0 Å². The maximum Gasteiger partial charge on any atom is 0.254 e. The Hall–Kier alpha value is -3.03. The molecule has 1 fully saturated rings. The van der Waals surface area contributed by atoms with Gasteiger partial charge in [-0.1, -0.05) is 36.4 Å². The molecule has 2 aromatic carbocycles. The number of carbonyl (C=O) groups excluding carboxylic acids is 1. The highest BCUT2D eigenvalue weighted by molar-refractivity contribution is 7.89. The van der Waals surface area contributed by atoms with Crippen LogP contribution in [0.1, 0.15) is 39.9 Å². The highest BCUT2D eigenvalue weighted by atomic mass is 32.2. The summed E-state index contributed by atoms with van der Waals surface area (Å²) in [4.78, 5) is 19.5. The highest BCUT2D eigenvalue weighted by Gasteiger charge is 2.34. The molecule has 1 aliphatic heterocycles. The van der Waals surface area contributed by atoms with Gasteiger partial charge in [-0.2, -0.15) is 4.31 Å². The summed E-state index contributed by atoms with van der Waals surface area (Å²) >= 11 is 0. The summed E-state index contributed by atoms with van der Waals surface area (Å²) < 4.78 is 28.3. The number of rotatable bonds is 6. The molecule has 1 saturated carbocycles. The molecular weight excluding hydrogens is 422 g/mol. The molecule has 1 aliphatic carbocycles. The van der Waals surface area contributed by atoms with E-state index in [9.17, 15) is 13.2 Å². The fourth-order valence-corrected chi connectivity index (χ4v) is 5.69. The second-order valence-corrected chi connectivity index (χ2v) is 10.3. The summed E-state index contributed by atoms with van der Waals surface area (Å²) in [6.45, 7) is 1.26. The summed E-state index contributed by atoms with van der Waals surface area (Å²) in [7, 11) is -3.70. The first kappa shape index (κ1) is 20.8. The molecule has 5 rings (SSSR count). The molecule has 164 valence electrons. The average molecular weight is 448 g/mol. The van der Waals surface area contributed by atoms with Crippen LogP contribution in [0.25, 0.3) is 0 Å². The van der Waals surface area contributed by atoms with Crippen molar-refractivity contribution in [2.75, 3.05) is 6.54 Å². The van der Waals surface area contributed by atoms with Crippen LogP contribution in [0, 0.1) is 0 Å². The first-order chi connectivity index (χ1) is 15.5. The number of benzene rings is 2. The van der Waals surface area contributed by atoms with Gasteiger partial charge in [0, 0.05) is 43.6 Å². The van der Waals surface area contributed by atoms with E-state index in [4.69, 9.17) is 0 Å². The first-order valence-electron chi connectivity index (χ1n) is 10.9. The number of sulfonamides is 1. The van der Waals surface area contributed by atoms with Crippen molar-refractivity contribution in [1.29, 1.82) is 0 Å². The van der Waals surface area contributed by atoms with Gasteiger partial charge in [0.2, 0.25) is 10.0 Å². The Labute approximate surface area is 188 Å². The normalized spacial score (nSPS) is 16.4. The number of aromatic nitrogens is 1. The maximum absolute atomic E-state index is 13.4. The van der Waals surface area contributed by atoms with Crippen molar-refractivity contribution in [3.05, 3.63) is 95.3 Å². The van der Waals surface area contributed by atoms with E-state index in [0.717, 1.165) is 24.0 Å². The SMILES string of the molecule is O=C(c1cccc(S(=O)(=O)N2CCc3ccccc3C2)c1)N(Cc1cccnc1)C1CC1. The van der Waals surface area contributed by atoms with Gasteiger partial charge in [0.25, 0.3) is 5.91 Å². The van der Waals surface area contributed by atoms with E-state index in [-0.39, 0.29) is 16.8 Å². The molecule has 0 N–H and O–H groups in total.